The fourth-order valence-electron chi connectivity index (χ4n) is 3.21. The van der Waals surface area contributed by atoms with Crippen LogP contribution < -0.4 is 20.0 Å². The van der Waals surface area contributed by atoms with Crippen LogP contribution >= 0.6 is 11.6 Å². The van der Waals surface area contributed by atoms with E-state index in [2.05, 4.69) is 20.1 Å². The van der Waals surface area contributed by atoms with Crippen molar-refractivity contribution in [1.29, 1.82) is 0 Å². The maximum Gasteiger partial charge on any atom is 0.229 e. The van der Waals surface area contributed by atoms with Crippen molar-refractivity contribution < 1.29 is 0 Å². The molecule has 3 heterocycles. The summed E-state index contributed by atoms with van der Waals surface area (Å²) in [7, 11) is 3.97. The molecule has 8 heteroatoms. The molecule has 1 aliphatic heterocycles. The van der Waals surface area contributed by atoms with Gasteiger partial charge in [0.1, 0.15) is 17.5 Å². The standard InChI is InChI=1S/C21H24ClN7/c1-27(2)20-15-18(24-17-8-6-16(22)7-9-17)25-21(26-20)29-13-11-28(12-14-29)19-5-3-4-10-23-19/h3-10,15H,11-14H2,1-2H3,(H,24,25,26). The number of aromatic nitrogens is 3. The van der Waals surface area contributed by atoms with Crippen LogP contribution in [0, 0.1) is 0 Å². The van der Waals surface area contributed by atoms with Gasteiger partial charge in [0.05, 0.1) is 0 Å². The van der Waals surface area contributed by atoms with Crippen molar-refractivity contribution in [2.45, 2.75) is 0 Å². The Kier molecular flexibility index (Phi) is 5.67. The molecule has 3 aromatic rings. The zero-order chi connectivity index (χ0) is 20.2. The highest BCUT2D eigenvalue weighted by atomic mass is 35.5. The molecule has 1 fully saturated rings. The largest absolute Gasteiger partial charge is 0.363 e. The normalized spacial score (nSPS) is 14.0. The minimum Gasteiger partial charge on any atom is -0.363 e. The third-order valence-electron chi connectivity index (χ3n) is 4.81. The molecule has 0 spiro atoms. The van der Waals surface area contributed by atoms with E-state index >= 15 is 0 Å². The van der Waals surface area contributed by atoms with E-state index in [9.17, 15) is 0 Å². The van der Waals surface area contributed by atoms with Crippen LogP contribution in [0.3, 0.4) is 0 Å². The molecule has 1 aliphatic rings. The molecule has 0 unspecified atom stereocenters. The minimum atomic E-state index is 0.707. The number of pyridine rings is 1. The van der Waals surface area contributed by atoms with Gasteiger partial charge in [0, 0.05) is 63.2 Å². The van der Waals surface area contributed by atoms with Crippen molar-refractivity contribution in [2.24, 2.45) is 0 Å². The van der Waals surface area contributed by atoms with Gasteiger partial charge in [-0.1, -0.05) is 17.7 Å². The van der Waals surface area contributed by atoms with Crippen molar-refractivity contribution >= 4 is 40.7 Å². The summed E-state index contributed by atoms with van der Waals surface area (Å²) in [6.07, 6.45) is 1.83. The second-order valence-electron chi connectivity index (χ2n) is 7.10. The molecule has 0 bridgehead atoms. The van der Waals surface area contributed by atoms with Crippen LogP contribution in [0.1, 0.15) is 0 Å². The number of anilines is 5. The first kappa shape index (κ1) is 19.3. The molecular weight excluding hydrogens is 386 g/mol. The van der Waals surface area contributed by atoms with Gasteiger partial charge < -0.3 is 20.0 Å². The first-order valence-electron chi connectivity index (χ1n) is 9.58. The summed E-state index contributed by atoms with van der Waals surface area (Å²) in [5.41, 5.74) is 0.934. The number of nitrogens with zero attached hydrogens (tertiary/aromatic N) is 6. The summed E-state index contributed by atoms with van der Waals surface area (Å²) in [5, 5.41) is 4.06. The van der Waals surface area contributed by atoms with Crippen LogP contribution in [0.25, 0.3) is 0 Å². The van der Waals surface area contributed by atoms with Crippen LogP contribution in [0.15, 0.2) is 54.7 Å². The number of piperazine rings is 1. The molecule has 150 valence electrons. The van der Waals surface area contributed by atoms with Crippen LogP contribution in [-0.4, -0.2) is 55.2 Å². The number of nitrogens with one attached hydrogen (secondary N) is 1. The lowest BCUT2D eigenvalue weighted by Gasteiger charge is -2.35. The molecule has 1 saturated heterocycles. The van der Waals surface area contributed by atoms with Crippen molar-refractivity contribution in [3.05, 3.63) is 59.8 Å². The van der Waals surface area contributed by atoms with E-state index in [4.69, 9.17) is 21.6 Å². The molecule has 0 saturated carbocycles. The Bertz CT molecular complexity index is 939. The summed E-state index contributed by atoms with van der Waals surface area (Å²) >= 11 is 5.99. The molecule has 1 aromatic carbocycles. The van der Waals surface area contributed by atoms with Crippen LogP contribution in [0.4, 0.5) is 29.1 Å². The lowest BCUT2D eigenvalue weighted by Crippen LogP contribution is -2.47. The average Bonchev–Trinajstić information content (AvgIpc) is 2.76. The molecule has 29 heavy (non-hydrogen) atoms. The zero-order valence-corrected chi connectivity index (χ0v) is 17.3. The van der Waals surface area contributed by atoms with E-state index < -0.39 is 0 Å². The van der Waals surface area contributed by atoms with E-state index in [0.717, 1.165) is 55.3 Å². The van der Waals surface area contributed by atoms with Gasteiger partial charge in [0.2, 0.25) is 5.95 Å². The minimum absolute atomic E-state index is 0.707. The third-order valence-corrected chi connectivity index (χ3v) is 5.06. The van der Waals surface area contributed by atoms with E-state index in [0.29, 0.717) is 5.02 Å². The molecule has 2 aromatic heterocycles. The number of rotatable bonds is 5. The monoisotopic (exact) mass is 409 g/mol. The van der Waals surface area contributed by atoms with E-state index in [1.54, 1.807) is 0 Å². The topological polar surface area (TPSA) is 60.4 Å². The van der Waals surface area contributed by atoms with Crippen molar-refractivity contribution in [1.82, 2.24) is 15.0 Å². The van der Waals surface area contributed by atoms with Gasteiger partial charge in [-0.2, -0.15) is 9.97 Å². The molecule has 0 radical (unpaired) electrons. The molecule has 0 aliphatic carbocycles. The lowest BCUT2D eigenvalue weighted by molar-refractivity contribution is 0.635. The Morgan fingerprint density at radius 2 is 1.66 bits per heavy atom. The smallest absolute Gasteiger partial charge is 0.229 e. The quantitative estimate of drug-likeness (QED) is 0.689. The summed E-state index contributed by atoms with van der Waals surface area (Å²) in [5.74, 6) is 3.36. The van der Waals surface area contributed by atoms with Gasteiger partial charge in [0.25, 0.3) is 0 Å². The second kappa shape index (κ2) is 8.53. The van der Waals surface area contributed by atoms with E-state index in [1.165, 1.54) is 0 Å². The van der Waals surface area contributed by atoms with Crippen LogP contribution in [-0.2, 0) is 0 Å². The first-order chi connectivity index (χ1) is 14.1. The Morgan fingerprint density at radius 1 is 0.931 bits per heavy atom. The first-order valence-corrected chi connectivity index (χ1v) is 9.96. The van der Waals surface area contributed by atoms with Crippen LogP contribution in [0.2, 0.25) is 5.02 Å². The fourth-order valence-corrected chi connectivity index (χ4v) is 3.34. The van der Waals surface area contributed by atoms with Crippen molar-refractivity contribution in [3.63, 3.8) is 0 Å². The molecular formula is C21H24ClN7. The molecule has 0 atom stereocenters. The third kappa shape index (κ3) is 4.68. The highest BCUT2D eigenvalue weighted by Gasteiger charge is 2.21. The molecule has 0 amide bonds. The fraction of sp³-hybridized carbons (Fsp3) is 0.286. The van der Waals surface area contributed by atoms with Crippen LogP contribution in [0.5, 0.6) is 0 Å². The number of hydrogen-bond acceptors (Lipinski definition) is 7. The van der Waals surface area contributed by atoms with E-state index in [-0.39, 0.29) is 0 Å². The van der Waals surface area contributed by atoms with Gasteiger partial charge >= 0.3 is 0 Å². The summed E-state index contributed by atoms with van der Waals surface area (Å²) in [4.78, 5) is 20.5. The Hall–Kier alpha value is -3.06. The number of halogens is 1. The van der Waals surface area contributed by atoms with E-state index in [1.807, 2.05) is 73.7 Å². The van der Waals surface area contributed by atoms with Gasteiger partial charge in [-0.25, -0.2) is 4.98 Å². The molecule has 7 nitrogen and oxygen atoms in total. The van der Waals surface area contributed by atoms with Gasteiger partial charge in [-0.05, 0) is 36.4 Å². The van der Waals surface area contributed by atoms with Gasteiger partial charge in [-0.3, -0.25) is 0 Å². The van der Waals surface area contributed by atoms with Gasteiger partial charge in [-0.15, -0.1) is 0 Å². The Labute approximate surface area is 176 Å². The SMILES string of the molecule is CN(C)c1cc(Nc2ccc(Cl)cc2)nc(N2CCN(c3ccccn3)CC2)n1. The van der Waals surface area contributed by atoms with Crippen molar-refractivity contribution in [3.8, 4) is 0 Å². The molecule has 1 N–H and O–H groups in total. The number of hydrogen-bond donors (Lipinski definition) is 1. The second-order valence-corrected chi connectivity index (χ2v) is 7.54. The Balaban J connectivity index is 1.52. The number of benzene rings is 1. The summed E-state index contributed by atoms with van der Waals surface area (Å²) in [6, 6.07) is 15.5. The maximum atomic E-state index is 5.99. The summed E-state index contributed by atoms with van der Waals surface area (Å²) < 4.78 is 0. The highest BCUT2D eigenvalue weighted by Crippen LogP contribution is 2.24. The van der Waals surface area contributed by atoms with Crippen molar-refractivity contribution in [2.75, 3.05) is 60.3 Å². The predicted octanol–water partition coefficient (Wildman–Crippen LogP) is 3.66. The molecule has 4 rings (SSSR count). The maximum absolute atomic E-state index is 5.99. The lowest BCUT2D eigenvalue weighted by atomic mass is 10.3. The highest BCUT2D eigenvalue weighted by molar-refractivity contribution is 6.30. The predicted molar refractivity (Wildman–Crippen MR) is 120 cm³/mol. The Morgan fingerprint density at radius 3 is 2.31 bits per heavy atom. The zero-order valence-electron chi connectivity index (χ0n) is 16.6. The summed E-state index contributed by atoms with van der Waals surface area (Å²) in [6.45, 7) is 3.45. The average molecular weight is 410 g/mol. The van der Waals surface area contributed by atoms with Gasteiger partial charge in [0.15, 0.2) is 0 Å².